The van der Waals surface area contributed by atoms with Gasteiger partial charge in [0.05, 0.1) is 0 Å². The van der Waals surface area contributed by atoms with Crippen molar-refractivity contribution in [1.82, 2.24) is 0 Å². The lowest BCUT2D eigenvalue weighted by atomic mass is 10.2. The molecule has 0 aliphatic carbocycles. The van der Waals surface area contributed by atoms with Crippen molar-refractivity contribution in [3.63, 3.8) is 0 Å². The summed E-state index contributed by atoms with van der Waals surface area (Å²) in [6.07, 6.45) is 3.96. The van der Waals surface area contributed by atoms with Crippen molar-refractivity contribution in [2.24, 2.45) is 4.99 Å². The van der Waals surface area contributed by atoms with Crippen molar-refractivity contribution >= 4 is 5.71 Å². The van der Waals surface area contributed by atoms with E-state index in [0.717, 1.165) is 11.3 Å². The summed E-state index contributed by atoms with van der Waals surface area (Å²) in [5, 5.41) is 0. The average Bonchev–Trinajstić information content (AvgIpc) is 1.82. The fourth-order valence-corrected chi connectivity index (χ4v) is 0.713. The second-order valence-corrected chi connectivity index (χ2v) is 3.04. The summed E-state index contributed by atoms with van der Waals surface area (Å²) in [5.41, 5.74) is 2.12. The molecule has 0 bridgehead atoms. The Bertz CT molecular complexity index is 185. The lowest BCUT2D eigenvalue weighted by molar-refractivity contribution is 0.836. The van der Waals surface area contributed by atoms with E-state index in [9.17, 15) is 0 Å². The molecule has 0 fully saturated rings. The Labute approximate surface area is 69.5 Å². The molecule has 0 saturated carbocycles. The summed E-state index contributed by atoms with van der Waals surface area (Å²) in [6, 6.07) is 0.379. The van der Waals surface area contributed by atoms with Gasteiger partial charge in [-0.05, 0) is 33.8 Å². The van der Waals surface area contributed by atoms with Gasteiger partial charge in [-0.15, -0.1) is 0 Å². The number of rotatable bonds is 3. The molecule has 0 rings (SSSR count). The summed E-state index contributed by atoms with van der Waals surface area (Å²) < 4.78 is 0. The highest BCUT2D eigenvalue weighted by Crippen LogP contribution is 1.93. The van der Waals surface area contributed by atoms with Crippen LogP contribution in [0.4, 0.5) is 0 Å². The fourth-order valence-electron chi connectivity index (χ4n) is 0.713. The molecule has 0 aromatic carbocycles. The first-order valence-corrected chi connectivity index (χ1v) is 3.90. The van der Waals surface area contributed by atoms with Crippen molar-refractivity contribution in [1.29, 1.82) is 0 Å². The third-order valence-corrected chi connectivity index (χ3v) is 1.07. The number of nitrogens with zero attached hydrogens (tertiary/aromatic N) is 1. The van der Waals surface area contributed by atoms with Crippen LogP contribution in [0.3, 0.4) is 0 Å². The van der Waals surface area contributed by atoms with Gasteiger partial charge in [-0.25, -0.2) is 0 Å². The number of hydrogen-bond donors (Lipinski definition) is 0. The maximum Gasteiger partial charge on any atom is 0.0446 e. The molecule has 0 unspecified atom stereocenters. The fraction of sp³-hybridized carbons (Fsp3) is 0.500. The van der Waals surface area contributed by atoms with Gasteiger partial charge < -0.3 is 0 Å². The third-order valence-electron chi connectivity index (χ3n) is 1.07. The normalized spacial score (nSPS) is 13.0. The molecule has 0 amide bonds. The smallest absolute Gasteiger partial charge is 0.0446 e. The van der Waals surface area contributed by atoms with E-state index in [2.05, 4.69) is 25.4 Å². The van der Waals surface area contributed by atoms with E-state index in [4.69, 9.17) is 0 Å². The highest BCUT2D eigenvalue weighted by atomic mass is 14.8. The number of aliphatic imine (C=N–C) groups is 1. The SMILES string of the molecule is C=C(C)/C=C\C(C)=NC(C)C. The molecule has 0 aromatic rings. The predicted molar refractivity (Wildman–Crippen MR) is 52.2 cm³/mol. The summed E-state index contributed by atoms with van der Waals surface area (Å²) in [6.45, 7) is 11.9. The van der Waals surface area contributed by atoms with Gasteiger partial charge in [0.1, 0.15) is 0 Å². The minimum absolute atomic E-state index is 0.379. The zero-order valence-electron chi connectivity index (χ0n) is 7.89. The zero-order valence-corrected chi connectivity index (χ0v) is 7.89. The van der Waals surface area contributed by atoms with Crippen LogP contribution in [-0.4, -0.2) is 11.8 Å². The second-order valence-electron chi connectivity index (χ2n) is 3.04. The quantitative estimate of drug-likeness (QED) is 0.434. The first-order chi connectivity index (χ1) is 5.02. The molecule has 0 radical (unpaired) electrons. The van der Waals surface area contributed by atoms with E-state index < -0.39 is 0 Å². The summed E-state index contributed by atoms with van der Waals surface area (Å²) in [4.78, 5) is 4.34. The average molecular weight is 151 g/mol. The van der Waals surface area contributed by atoms with Crippen LogP contribution in [-0.2, 0) is 0 Å². The molecule has 0 N–H and O–H groups in total. The zero-order chi connectivity index (χ0) is 8.85. The van der Waals surface area contributed by atoms with Gasteiger partial charge in [-0.2, -0.15) is 0 Å². The van der Waals surface area contributed by atoms with Gasteiger partial charge in [-0.1, -0.05) is 18.2 Å². The van der Waals surface area contributed by atoms with E-state index in [0.29, 0.717) is 6.04 Å². The number of hydrogen-bond acceptors (Lipinski definition) is 1. The van der Waals surface area contributed by atoms with Crippen molar-refractivity contribution < 1.29 is 0 Å². The van der Waals surface area contributed by atoms with Gasteiger partial charge in [0.2, 0.25) is 0 Å². The Hall–Kier alpha value is -0.850. The van der Waals surface area contributed by atoms with Crippen LogP contribution in [0.2, 0.25) is 0 Å². The standard InChI is InChI=1S/C10H17N/c1-8(2)6-7-10(5)11-9(3)4/h6-7,9H,1H2,2-5H3/b7-6-,11-10?. The Morgan fingerprint density at radius 2 is 1.82 bits per heavy atom. The largest absolute Gasteiger partial charge is 0.287 e. The van der Waals surface area contributed by atoms with Gasteiger partial charge in [0.25, 0.3) is 0 Å². The second kappa shape index (κ2) is 4.89. The van der Waals surface area contributed by atoms with Crippen LogP contribution in [0, 0.1) is 0 Å². The summed E-state index contributed by atoms with van der Waals surface area (Å²) in [7, 11) is 0. The topological polar surface area (TPSA) is 12.4 Å². The van der Waals surface area contributed by atoms with E-state index in [1.54, 1.807) is 0 Å². The van der Waals surface area contributed by atoms with Gasteiger partial charge in [0, 0.05) is 11.8 Å². The maximum absolute atomic E-state index is 4.34. The first kappa shape index (κ1) is 10.2. The number of allylic oxidation sites excluding steroid dienone is 3. The maximum atomic E-state index is 4.34. The first-order valence-electron chi connectivity index (χ1n) is 3.90. The molecular formula is C10H17N. The molecule has 62 valence electrons. The molecule has 0 aromatic heterocycles. The molecule has 0 aliphatic rings. The van der Waals surface area contributed by atoms with Crippen LogP contribution >= 0.6 is 0 Å². The van der Waals surface area contributed by atoms with Crippen molar-refractivity contribution in [2.75, 3.05) is 0 Å². The Morgan fingerprint density at radius 3 is 2.18 bits per heavy atom. The minimum atomic E-state index is 0.379. The lowest BCUT2D eigenvalue weighted by Crippen LogP contribution is -1.94. The van der Waals surface area contributed by atoms with Crippen molar-refractivity contribution in [2.45, 2.75) is 33.7 Å². The Kier molecular flexibility index (Phi) is 4.51. The summed E-state index contributed by atoms with van der Waals surface area (Å²) >= 11 is 0. The molecule has 0 spiro atoms. The van der Waals surface area contributed by atoms with Gasteiger partial charge >= 0.3 is 0 Å². The van der Waals surface area contributed by atoms with Gasteiger partial charge in [-0.3, -0.25) is 4.99 Å². The Morgan fingerprint density at radius 1 is 1.27 bits per heavy atom. The van der Waals surface area contributed by atoms with Crippen LogP contribution in [0.15, 0.2) is 29.3 Å². The Balaban J connectivity index is 4.05. The van der Waals surface area contributed by atoms with Gasteiger partial charge in [0.15, 0.2) is 0 Å². The van der Waals surface area contributed by atoms with E-state index in [1.165, 1.54) is 0 Å². The molecule has 11 heavy (non-hydrogen) atoms. The van der Waals surface area contributed by atoms with Crippen LogP contribution in [0.1, 0.15) is 27.7 Å². The van der Waals surface area contributed by atoms with Crippen molar-refractivity contribution in [3.05, 3.63) is 24.3 Å². The lowest BCUT2D eigenvalue weighted by Gasteiger charge is -1.96. The van der Waals surface area contributed by atoms with E-state index >= 15 is 0 Å². The van der Waals surface area contributed by atoms with E-state index in [1.807, 2.05) is 26.0 Å². The van der Waals surface area contributed by atoms with Crippen LogP contribution in [0.25, 0.3) is 0 Å². The minimum Gasteiger partial charge on any atom is -0.287 e. The highest BCUT2D eigenvalue weighted by molar-refractivity contribution is 5.93. The highest BCUT2D eigenvalue weighted by Gasteiger charge is 1.87. The molecule has 1 nitrogen and oxygen atoms in total. The molecule has 0 heterocycles. The summed E-state index contributed by atoms with van der Waals surface area (Å²) in [5.74, 6) is 0. The third kappa shape index (κ3) is 7.04. The predicted octanol–water partition coefficient (Wildman–Crippen LogP) is 2.99. The van der Waals surface area contributed by atoms with Crippen molar-refractivity contribution in [3.8, 4) is 0 Å². The van der Waals surface area contributed by atoms with E-state index in [-0.39, 0.29) is 0 Å². The monoisotopic (exact) mass is 151 g/mol. The molecule has 1 heteroatoms. The molecule has 0 atom stereocenters. The van der Waals surface area contributed by atoms with Crippen LogP contribution in [0.5, 0.6) is 0 Å². The molecule has 0 saturated heterocycles. The van der Waals surface area contributed by atoms with Crippen LogP contribution < -0.4 is 0 Å². The molecular weight excluding hydrogens is 134 g/mol. The molecule has 0 aliphatic heterocycles.